The SMILES string of the molecule is CC(C)CC(CNC1CCCCC(N2C(=O)c3ccccc3C2=O)C1)C(=O)O. The van der Waals surface area contributed by atoms with Crippen LogP contribution in [0.15, 0.2) is 24.3 Å². The number of fused-ring (bicyclic) bond motifs is 1. The highest BCUT2D eigenvalue weighted by Crippen LogP contribution is 2.30. The summed E-state index contributed by atoms with van der Waals surface area (Å²) in [4.78, 5) is 38.6. The minimum absolute atomic E-state index is 0.117. The molecule has 0 bridgehead atoms. The quantitative estimate of drug-likeness (QED) is 0.554. The van der Waals surface area contributed by atoms with Gasteiger partial charge in [-0.3, -0.25) is 19.3 Å². The first kappa shape index (κ1) is 20.5. The molecule has 0 aromatic heterocycles. The molecule has 3 rings (SSSR count). The number of aliphatic carboxylic acids is 1. The lowest BCUT2D eigenvalue weighted by molar-refractivity contribution is -0.142. The molecular weight excluding hydrogens is 356 g/mol. The maximum absolute atomic E-state index is 12.8. The van der Waals surface area contributed by atoms with Crippen molar-refractivity contribution in [3.63, 3.8) is 0 Å². The zero-order valence-electron chi connectivity index (χ0n) is 16.7. The third kappa shape index (κ3) is 4.43. The predicted octanol–water partition coefficient (Wildman–Crippen LogP) is 3.32. The van der Waals surface area contributed by atoms with E-state index in [4.69, 9.17) is 0 Å². The van der Waals surface area contributed by atoms with Crippen molar-refractivity contribution in [2.24, 2.45) is 11.8 Å². The summed E-state index contributed by atoms with van der Waals surface area (Å²) in [7, 11) is 0. The lowest BCUT2D eigenvalue weighted by Crippen LogP contribution is -2.44. The van der Waals surface area contributed by atoms with E-state index in [0.717, 1.165) is 25.7 Å². The third-order valence-electron chi connectivity index (χ3n) is 5.85. The van der Waals surface area contributed by atoms with Crippen LogP contribution in [0.25, 0.3) is 0 Å². The van der Waals surface area contributed by atoms with Crippen molar-refractivity contribution in [1.29, 1.82) is 0 Å². The van der Waals surface area contributed by atoms with Crippen LogP contribution < -0.4 is 5.32 Å². The molecule has 0 spiro atoms. The van der Waals surface area contributed by atoms with Gasteiger partial charge in [0.15, 0.2) is 0 Å². The summed E-state index contributed by atoms with van der Waals surface area (Å²) in [6, 6.07) is 6.97. The van der Waals surface area contributed by atoms with Crippen molar-refractivity contribution >= 4 is 17.8 Å². The van der Waals surface area contributed by atoms with E-state index in [1.807, 2.05) is 13.8 Å². The number of nitrogens with one attached hydrogen (secondary N) is 1. The molecule has 0 radical (unpaired) electrons. The Morgan fingerprint density at radius 2 is 1.75 bits per heavy atom. The van der Waals surface area contributed by atoms with Crippen molar-refractivity contribution in [3.05, 3.63) is 35.4 Å². The number of carboxylic acids is 1. The number of hydrogen-bond acceptors (Lipinski definition) is 4. The average molecular weight is 386 g/mol. The molecule has 1 aromatic carbocycles. The van der Waals surface area contributed by atoms with Gasteiger partial charge in [0.05, 0.1) is 17.0 Å². The molecule has 1 aliphatic carbocycles. The number of rotatable bonds is 7. The van der Waals surface area contributed by atoms with E-state index < -0.39 is 11.9 Å². The Morgan fingerprint density at radius 1 is 1.14 bits per heavy atom. The van der Waals surface area contributed by atoms with Crippen LogP contribution in [0.1, 0.15) is 73.1 Å². The first-order valence-electron chi connectivity index (χ1n) is 10.3. The van der Waals surface area contributed by atoms with E-state index in [1.54, 1.807) is 24.3 Å². The normalized spacial score (nSPS) is 23.6. The summed E-state index contributed by atoms with van der Waals surface area (Å²) >= 11 is 0. The van der Waals surface area contributed by atoms with Gasteiger partial charge < -0.3 is 10.4 Å². The van der Waals surface area contributed by atoms with Crippen molar-refractivity contribution in [2.45, 2.75) is 64.5 Å². The molecule has 152 valence electrons. The molecule has 28 heavy (non-hydrogen) atoms. The van der Waals surface area contributed by atoms with Crippen LogP contribution in [-0.4, -0.2) is 46.4 Å². The average Bonchev–Trinajstić information content (AvgIpc) is 2.80. The Labute approximate surface area is 166 Å². The maximum Gasteiger partial charge on any atom is 0.307 e. The number of carbonyl (C=O) groups excluding carboxylic acids is 2. The molecule has 1 heterocycles. The van der Waals surface area contributed by atoms with E-state index in [2.05, 4.69) is 5.32 Å². The predicted molar refractivity (Wildman–Crippen MR) is 106 cm³/mol. The first-order chi connectivity index (χ1) is 13.4. The van der Waals surface area contributed by atoms with Gasteiger partial charge in [0.2, 0.25) is 0 Å². The molecular formula is C22H30N2O4. The summed E-state index contributed by atoms with van der Waals surface area (Å²) in [5, 5.41) is 12.9. The minimum Gasteiger partial charge on any atom is -0.481 e. The Bertz CT molecular complexity index is 711. The molecule has 2 aliphatic rings. The fourth-order valence-corrected chi connectivity index (χ4v) is 4.44. The van der Waals surface area contributed by atoms with E-state index in [0.29, 0.717) is 36.4 Å². The van der Waals surface area contributed by atoms with E-state index in [9.17, 15) is 19.5 Å². The molecule has 0 saturated heterocycles. The summed E-state index contributed by atoms with van der Waals surface area (Å²) in [5.74, 6) is -1.26. The van der Waals surface area contributed by atoms with Gasteiger partial charge in [-0.25, -0.2) is 0 Å². The number of amides is 2. The molecule has 6 heteroatoms. The fraction of sp³-hybridized carbons (Fsp3) is 0.591. The van der Waals surface area contributed by atoms with Gasteiger partial charge in [0.1, 0.15) is 0 Å². The lowest BCUT2D eigenvalue weighted by Gasteiger charge is -2.28. The minimum atomic E-state index is -0.772. The summed E-state index contributed by atoms with van der Waals surface area (Å²) < 4.78 is 0. The Morgan fingerprint density at radius 3 is 2.32 bits per heavy atom. The van der Waals surface area contributed by atoms with Gasteiger partial charge in [0.25, 0.3) is 11.8 Å². The molecule has 1 aromatic rings. The van der Waals surface area contributed by atoms with E-state index in [1.165, 1.54) is 4.90 Å². The van der Waals surface area contributed by atoms with Crippen molar-refractivity contribution in [1.82, 2.24) is 10.2 Å². The molecule has 2 N–H and O–H groups in total. The van der Waals surface area contributed by atoms with Gasteiger partial charge in [0, 0.05) is 18.6 Å². The van der Waals surface area contributed by atoms with Gasteiger partial charge in [-0.1, -0.05) is 38.8 Å². The number of carboxylic acid groups (broad SMARTS) is 1. The second-order valence-electron chi connectivity index (χ2n) is 8.47. The van der Waals surface area contributed by atoms with Gasteiger partial charge in [-0.2, -0.15) is 0 Å². The lowest BCUT2D eigenvalue weighted by atomic mass is 9.96. The summed E-state index contributed by atoms with van der Waals surface area (Å²) in [5.41, 5.74) is 0.980. The molecule has 1 aliphatic heterocycles. The van der Waals surface area contributed by atoms with Gasteiger partial charge in [-0.15, -0.1) is 0 Å². The van der Waals surface area contributed by atoms with Gasteiger partial charge >= 0.3 is 5.97 Å². The second-order valence-corrected chi connectivity index (χ2v) is 8.47. The number of benzene rings is 1. The van der Waals surface area contributed by atoms with Crippen LogP contribution in [-0.2, 0) is 4.79 Å². The monoisotopic (exact) mass is 386 g/mol. The standard InChI is InChI=1S/C22H30N2O4/c1-14(2)11-15(22(27)28)13-23-16-7-3-4-8-17(12-16)24-20(25)18-9-5-6-10-19(18)21(24)26/h5-6,9-10,14-17,23H,3-4,7-8,11-13H2,1-2H3,(H,27,28). The number of carbonyl (C=O) groups is 3. The Kier molecular flexibility index (Phi) is 6.50. The van der Waals surface area contributed by atoms with Crippen molar-refractivity contribution < 1.29 is 19.5 Å². The third-order valence-corrected chi connectivity index (χ3v) is 5.85. The highest BCUT2D eigenvalue weighted by atomic mass is 16.4. The maximum atomic E-state index is 12.8. The molecule has 3 unspecified atom stereocenters. The zero-order valence-corrected chi connectivity index (χ0v) is 16.7. The Balaban J connectivity index is 1.67. The van der Waals surface area contributed by atoms with Crippen LogP contribution in [0.5, 0.6) is 0 Å². The van der Waals surface area contributed by atoms with Crippen molar-refractivity contribution in [2.75, 3.05) is 6.54 Å². The fourth-order valence-electron chi connectivity index (χ4n) is 4.44. The zero-order chi connectivity index (χ0) is 20.3. The van der Waals surface area contributed by atoms with E-state index in [-0.39, 0.29) is 23.9 Å². The van der Waals surface area contributed by atoms with Crippen LogP contribution >= 0.6 is 0 Å². The number of nitrogens with zero attached hydrogens (tertiary/aromatic N) is 1. The van der Waals surface area contributed by atoms with Gasteiger partial charge in [-0.05, 0) is 43.7 Å². The smallest absolute Gasteiger partial charge is 0.307 e. The topological polar surface area (TPSA) is 86.7 Å². The number of hydrogen-bond donors (Lipinski definition) is 2. The van der Waals surface area contributed by atoms with Crippen LogP contribution in [0.2, 0.25) is 0 Å². The molecule has 1 fully saturated rings. The Hall–Kier alpha value is -2.21. The van der Waals surface area contributed by atoms with Crippen LogP contribution in [0.4, 0.5) is 0 Å². The van der Waals surface area contributed by atoms with Crippen LogP contribution in [0, 0.1) is 11.8 Å². The summed E-state index contributed by atoms with van der Waals surface area (Å²) in [6.07, 6.45) is 5.03. The van der Waals surface area contributed by atoms with E-state index >= 15 is 0 Å². The highest BCUT2D eigenvalue weighted by molar-refractivity contribution is 6.21. The largest absolute Gasteiger partial charge is 0.481 e. The molecule has 3 atom stereocenters. The number of imide groups is 1. The van der Waals surface area contributed by atoms with Crippen LogP contribution in [0.3, 0.4) is 0 Å². The first-order valence-corrected chi connectivity index (χ1v) is 10.3. The summed E-state index contributed by atoms with van der Waals surface area (Å²) in [6.45, 7) is 4.48. The van der Waals surface area contributed by atoms with Crippen molar-refractivity contribution in [3.8, 4) is 0 Å². The molecule has 2 amide bonds. The molecule has 6 nitrogen and oxygen atoms in total. The second kappa shape index (κ2) is 8.86. The molecule has 1 saturated carbocycles. The highest BCUT2D eigenvalue weighted by Gasteiger charge is 2.40.